The molecular weight excluding hydrogens is 272 g/mol. The fourth-order valence-electron chi connectivity index (χ4n) is 3.06. The highest BCUT2D eigenvalue weighted by Gasteiger charge is 2.18. The molecule has 0 N–H and O–H groups in total. The lowest BCUT2D eigenvalue weighted by atomic mass is 10.0. The molecule has 0 aliphatic heterocycles. The summed E-state index contributed by atoms with van der Waals surface area (Å²) in [7, 11) is 0. The highest BCUT2D eigenvalue weighted by atomic mass is 16.4. The van der Waals surface area contributed by atoms with Crippen LogP contribution in [0.1, 0.15) is 5.56 Å². The summed E-state index contributed by atoms with van der Waals surface area (Å²) in [6.07, 6.45) is 0. The zero-order chi connectivity index (χ0) is 15.1. The van der Waals surface area contributed by atoms with Crippen LogP contribution in [0.5, 0.6) is 0 Å². The van der Waals surface area contributed by atoms with E-state index in [2.05, 4.69) is 6.07 Å². The molecule has 0 saturated heterocycles. The van der Waals surface area contributed by atoms with E-state index in [9.17, 15) is 4.79 Å². The lowest BCUT2D eigenvalue weighted by Gasteiger charge is -2.06. The Hall–Kier alpha value is -2.87. The minimum absolute atomic E-state index is 0.279. The first-order chi connectivity index (χ1) is 10.8. The van der Waals surface area contributed by atoms with E-state index < -0.39 is 0 Å². The fraction of sp³-hybridized carbons (Fsp3) is 0.0500. The van der Waals surface area contributed by atoms with Gasteiger partial charge in [0.1, 0.15) is 5.76 Å². The molecule has 1 aromatic heterocycles. The van der Waals surface area contributed by atoms with Gasteiger partial charge in [-0.25, -0.2) is 4.79 Å². The van der Waals surface area contributed by atoms with Crippen LogP contribution in [0, 0.1) is 6.92 Å². The summed E-state index contributed by atoms with van der Waals surface area (Å²) >= 11 is 0. The van der Waals surface area contributed by atoms with Crippen LogP contribution in [0.3, 0.4) is 0 Å². The van der Waals surface area contributed by atoms with Crippen molar-refractivity contribution in [2.24, 2.45) is 0 Å². The van der Waals surface area contributed by atoms with Crippen molar-refractivity contribution in [1.29, 1.82) is 0 Å². The minimum atomic E-state index is -0.279. The Balaban J connectivity index is 2.15. The van der Waals surface area contributed by atoms with Crippen LogP contribution < -0.4 is 5.63 Å². The smallest absolute Gasteiger partial charge is 0.344 e. The first-order valence-corrected chi connectivity index (χ1v) is 7.26. The van der Waals surface area contributed by atoms with Gasteiger partial charge in [-0.15, -0.1) is 0 Å². The Morgan fingerprint density at radius 2 is 1.45 bits per heavy atom. The predicted molar refractivity (Wildman–Crippen MR) is 89.3 cm³/mol. The van der Waals surface area contributed by atoms with Gasteiger partial charge in [0, 0.05) is 16.5 Å². The molecule has 2 aromatic rings. The molecule has 0 bridgehead atoms. The van der Waals surface area contributed by atoms with E-state index in [1.807, 2.05) is 67.6 Å². The van der Waals surface area contributed by atoms with E-state index in [0.29, 0.717) is 11.1 Å². The number of fused-ring (bicyclic) bond motifs is 3. The highest BCUT2D eigenvalue weighted by molar-refractivity contribution is 6.04. The summed E-state index contributed by atoms with van der Waals surface area (Å²) in [6, 6.07) is 21.7. The van der Waals surface area contributed by atoms with Crippen LogP contribution in [0.2, 0.25) is 0 Å². The van der Waals surface area contributed by atoms with Crippen molar-refractivity contribution in [1.82, 2.24) is 0 Å². The second-order valence-corrected chi connectivity index (χ2v) is 5.42. The van der Waals surface area contributed by atoms with Gasteiger partial charge in [0.05, 0.1) is 5.39 Å². The first kappa shape index (κ1) is 12.8. The lowest BCUT2D eigenvalue weighted by Crippen LogP contribution is -2.01. The van der Waals surface area contributed by atoms with Crippen LogP contribution in [-0.4, -0.2) is 0 Å². The largest absolute Gasteiger partial charge is 0.422 e. The molecular formula is C20H14O2. The third kappa shape index (κ3) is 1.85. The maximum atomic E-state index is 12.4. The van der Waals surface area contributed by atoms with Crippen molar-refractivity contribution in [3.8, 4) is 22.5 Å². The van der Waals surface area contributed by atoms with Crippen LogP contribution in [0.25, 0.3) is 33.2 Å². The molecule has 0 spiro atoms. The van der Waals surface area contributed by atoms with E-state index in [4.69, 9.17) is 4.42 Å². The van der Waals surface area contributed by atoms with Gasteiger partial charge in [-0.1, -0.05) is 60.7 Å². The first-order valence-electron chi connectivity index (χ1n) is 7.26. The number of hydrogen-bond donors (Lipinski definition) is 0. The van der Waals surface area contributed by atoms with Gasteiger partial charge in [-0.2, -0.15) is 0 Å². The van der Waals surface area contributed by atoms with Crippen molar-refractivity contribution < 1.29 is 4.42 Å². The van der Waals surface area contributed by atoms with Crippen molar-refractivity contribution in [2.45, 2.75) is 6.92 Å². The topological polar surface area (TPSA) is 30.2 Å². The zero-order valence-electron chi connectivity index (χ0n) is 12.2. The third-order valence-electron chi connectivity index (χ3n) is 4.08. The van der Waals surface area contributed by atoms with Crippen molar-refractivity contribution in [3.05, 3.63) is 82.7 Å². The maximum absolute atomic E-state index is 12.4. The van der Waals surface area contributed by atoms with Crippen molar-refractivity contribution in [3.63, 3.8) is 0 Å². The second kappa shape index (κ2) is 4.85. The van der Waals surface area contributed by atoms with Gasteiger partial charge in [-0.3, -0.25) is 0 Å². The summed E-state index contributed by atoms with van der Waals surface area (Å²) in [5.74, 6) is 0.650. The minimum Gasteiger partial charge on any atom is -0.422 e. The van der Waals surface area contributed by atoms with E-state index >= 15 is 0 Å². The van der Waals surface area contributed by atoms with Crippen LogP contribution in [0.15, 0.2) is 75.9 Å². The SMILES string of the molecule is Cc1c(-c2ccccc2)oc(=O)c2cc3cccccc-3c12. The van der Waals surface area contributed by atoms with Gasteiger partial charge < -0.3 is 4.42 Å². The third-order valence-corrected chi connectivity index (χ3v) is 4.08. The molecule has 2 aliphatic rings. The Bertz CT molecular complexity index is 997. The van der Waals surface area contributed by atoms with Crippen LogP contribution >= 0.6 is 0 Å². The standard InChI is InChI=1S/C20H14O2/c1-13-18-16-11-7-3-6-10-15(16)12-17(18)20(21)22-19(13)14-8-4-2-5-9-14/h2-12H,1H3. The molecule has 106 valence electrons. The highest BCUT2D eigenvalue weighted by Crippen LogP contribution is 2.37. The molecule has 0 unspecified atom stereocenters. The molecule has 0 amide bonds. The van der Waals surface area contributed by atoms with Gasteiger partial charge in [0.2, 0.25) is 0 Å². The Kier molecular flexibility index (Phi) is 2.83. The fourth-order valence-corrected chi connectivity index (χ4v) is 3.06. The molecule has 1 aromatic carbocycles. The maximum Gasteiger partial charge on any atom is 0.344 e. The normalized spacial score (nSPS) is 11.1. The number of rotatable bonds is 1. The van der Waals surface area contributed by atoms with Crippen molar-refractivity contribution in [2.75, 3.05) is 0 Å². The molecule has 0 fully saturated rings. The Labute approximate surface area is 128 Å². The predicted octanol–water partition coefficient (Wildman–Crippen LogP) is 4.87. The summed E-state index contributed by atoms with van der Waals surface area (Å²) in [4.78, 5) is 12.4. The van der Waals surface area contributed by atoms with Gasteiger partial charge in [-0.05, 0) is 24.1 Å². The summed E-state index contributed by atoms with van der Waals surface area (Å²) in [5, 5.41) is 1.64. The number of benzene rings is 1. The quantitative estimate of drug-likeness (QED) is 0.499. The summed E-state index contributed by atoms with van der Waals surface area (Å²) in [5.41, 5.74) is 3.79. The van der Waals surface area contributed by atoms with E-state index in [0.717, 1.165) is 27.6 Å². The van der Waals surface area contributed by atoms with Crippen LogP contribution in [-0.2, 0) is 0 Å². The van der Waals surface area contributed by atoms with Crippen molar-refractivity contribution >= 4 is 10.8 Å². The van der Waals surface area contributed by atoms with Gasteiger partial charge in [0.25, 0.3) is 0 Å². The van der Waals surface area contributed by atoms with E-state index in [-0.39, 0.29) is 5.63 Å². The zero-order valence-corrected chi connectivity index (χ0v) is 12.2. The number of hydrogen-bond acceptors (Lipinski definition) is 2. The number of aryl methyl sites for hydroxylation is 1. The van der Waals surface area contributed by atoms with E-state index in [1.165, 1.54) is 0 Å². The summed E-state index contributed by atoms with van der Waals surface area (Å²) < 4.78 is 5.60. The Morgan fingerprint density at radius 3 is 2.18 bits per heavy atom. The molecule has 22 heavy (non-hydrogen) atoms. The summed E-state index contributed by atoms with van der Waals surface area (Å²) in [6.45, 7) is 2.01. The second-order valence-electron chi connectivity index (χ2n) is 5.42. The molecule has 0 atom stereocenters. The average Bonchev–Trinajstić information content (AvgIpc) is 2.76. The average molecular weight is 286 g/mol. The van der Waals surface area contributed by atoms with Gasteiger partial charge >= 0.3 is 5.63 Å². The van der Waals surface area contributed by atoms with Gasteiger partial charge in [0.15, 0.2) is 0 Å². The molecule has 0 radical (unpaired) electrons. The molecule has 0 saturated carbocycles. The molecule has 1 heterocycles. The molecule has 2 aliphatic carbocycles. The monoisotopic (exact) mass is 286 g/mol. The van der Waals surface area contributed by atoms with E-state index in [1.54, 1.807) is 0 Å². The lowest BCUT2D eigenvalue weighted by molar-refractivity contribution is 0.532. The molecule has 4 rings (SSSR count). The Morgan fingerprint density at radius 1 is 0.818 bits per heavy atom. The molecule has 2 nitrogen and oxygen atoms in total. The van der Waals surface area contributed by atoms with Crippen LogP contribution in [0.4, 0.5) is 0 Å². The molecule has 2 heteroatoms.